The summed E-state index contributed by atoms with van der Waals surface area (Å²) in [6.07, 6.45) is 6.80. The molecule has 3 aliphatic rings. The summed E-state index contributed by atoms with van der Waals surface area (Å²) in [6.45, 7) is 3.31. The normalized spacial score (nSPS) is 30.0. The van der Waals surface area contributed by atoms with Crippen LogP contribution >= 0.6 is 0 Å². The van der Waals surface area contributed by atoms with E-state index in [4.69, 9.17) is 10.5 Å². The Morgan fingerprint density at radius 3 is 2.71 bits per heavy atom. The first-order valence-electron chi connectivity index (χ1n) is 10.4. The molecule has 2 N–H and O–H groups in total. The van der Waals surface area contributed by atoms with E-state index < -0.39 is 0 Å². The molecule has 3 saturated heterocycles. The lowest BCUT2D eigenvalue weighted by Crippen LogP contribution is -2.59. The molecule has 4 heterocycles. The van der Waals surface area contributed by atoms with Crippen molar-refractivity contribution >= 4 is 11.6 Å². The van der Waals surface area contributed by atoms with E-state index in [1.807, 2.05) is 6.07 Å². The fraction of sp³-hybridized carbons (Fsp3) is 0.545. The van der Waals surface area contributed by atoms with Crippen molar-refractivity contribution in [3.63, 3.8) is 0 Å². The monoisotopic (exact) mass is 379 g/mol. The molecule has 2 aromatic rings. The summed E-state index contributed by atoms with van der Waals surface area (Å²) in [5.74, 6) is 3.86. The second kappa shape index (κ2) is 7.24. The van der Waals surface area contributed by atoms with Gasteiger partial charge in [0.15, 0.2) is 0 Å². The van der Waals surface area contributed by atoms with Gasteiger partial charge in [0.1, 0.15) is 23.7 Å². The summed E-state index contributed by atoms with van der Waals surface area (Å²) in [7, 11) is 1.73. The quantitative estimate of drug-likeness (QED) is 0.884. The summed E-state index contributed by atoms with van der Waals surface area (Å²) in [5.41, 5.74) is 7.33. The number of ether oxygens (including phenoxy) is 1. The van der Waals surface area contributed by atoms with Crippen LogP contribution in [0.2, 0.25) is 0 Å². The number of fused-ring (bicyclic) bond motifs is 4. The van der Waals surface area contributed by atoms with Gasteiger partial charge >= 0.3 is 0 Å². The number of anilines is 2. The van der Waals surface area contributed by atoms with Crippen LogP contribution in [0.4, 0.5) is 11.6 Å². The van der Waals surface area contributed by atoms with Crippen LogP contribution in [0.3, 0.4) is 0 Å². The van der Waals surface area contributed by atoms with Crippen molar-refractivity contribution in [2.45, 2.75) is 37.8 Å². The molecular formula is C22H29N5O. The van der Waals surface area contributed by atoms with Crippen LogP contribution in [0, 0.1) is 11.8 Å². The molecule has 28 heavy (non-hydrogen) atoms. The van der Waals surface area contributed by atoms with Crippen molar-refractivity contribution in [3.8, 4) is 5.75 Å². The first-order valence-corrected chi connectivity index (χ1v) is 10.4. The molecule has 0 unspecified atom stereocenters. The van der Waals surface area contributed by atoms with Crippen LogP contribution < -0.4 is 15.4 Å². The van der Waals surface area contributed by atoms with Gasteiger partial charge in [0.25, 0.3) is 0 Å². The molecule has 1 aromatic carbocycles. The van der Waals surface area contributed by atoms with Gasteiger partial charge in [0.05, 0.1) is 7.11 Å². The Kier molecular flexibility index (Phi) is 4.59. The van der Waals surface area contributed by atoms with Gasteiger partial charge in [-0.05, 0) is 55.2 Å². The summed E-state index contributed by atoms with van der Waals surface area (Å²) in [6, 6.07) is 11.8. The van der Waals surface area contributed by atoms with E-state index in [9.17, 15) is 0 Å². The Balaban J connectivity index is 1.37. The molecule has 1 aromatic heterocycles. The van der Waals surface area contributed by atoms with Crippen LogP contribution in [0.1, 0.15) is 37.3 Å². The molecule has 5 rings (SSSR count). The van der Waals surface area contributed by atoms with Crippen molar-refractivity contribution in [2.24, 2.45) is 11.8 Å². The summed E-state index contributed by atoms with van der Waals surface area (Å²) < 4.78 is 5.35. The SMILES string of the molecule is COc1ccc([C@H]2CCC[C@H]3[C@@H]4C[C@@H](CN(c5cc(N)ncn5)C4)CN23)cc1. The maximum Gasteiger partial charge on any atom is 0.134 e. The fourth-order valence-electron chi connectivity index (χ4n) is 5.71. The highest BCUT2D eigenvalue weighted by molar-refractivity contribution is 5.46. The van der Waals surface area contributed by atoms with Crippen LogP contribution in [0.5, 0.6) is 5.75 Å². The zero-order chi connectivity index (χ0) is 19.1. The smallest absolute Gasteiger partial charge is 0.134 e. The van der Waals surface area contributed by atoms with Gasteiger partial charge in [-0.2, -0.15) is 0 Å². The highest BCUT2D eigenvalue weighted by Gasteiger charge is 2.45. The average molecular weight is 380 g/mol. The molecule has 4 atom stereocenters. The number of hydrogen-bond acceptors (Lipinski definition) is 6. The van der Waals surface area contributed by atoms with E-state index in [-0.39, 0.29) is 0 Å². The Morgan fingerprint density at radius 2 is 1.93 bits per heavy atom. The molecule has 0 saturated carbocycles. The molecule has 0 amide bonds. The molecule has 0 aliphatic carbocycles. The molecule has 0 radical (unpaired) electrons. The zero-order valence-corrected chi connectivity index (χ0v) is 16.5. The van der Waals surface area contributed by atoms with Gasteiger partial charge in [-0.15, -0.1) is 0 Å². The van der Waals surface area contributed by atoms with E-state index in [0.29, 0.717) is 29.7 Å². The summed E-state index contributed by atoms with van der Waals surface area (Å²) in [5, 5.41) is 0. The van der Waals surface area contributed by atoms with Crippen molar-refractivity contribution in [1.82, 2.24) is 14.9 Å². The number of aromatic nitrogens is 2. The second-order valence-electron chi connectivity index (χ2n) is 8.55. The predicted molar refractivity (Wildman–Crippen MR) is 110 cm³/mol. The minimum Gasteiger partial charge on any atom is -0.497 e. The summed E-state index contributed by atoms with van der Waals surface area (Å²) >= 11 is 0. The van der Waals surface area contributed by atoms with E-state index in [1.165, 1.54) is 37.8 Å². The van der Waals surface area contributed by atoms with E-state index in [1.54, 1.807) is 13.4 Å². The van der Waals surface area contributed by atoms with Crippen molar-refractivity contribution < 1.29 is 4.74 Å². The third kappa shape index (κ3) is 3.20. The van der Waals surface area contributed by atoms with Gasteiger partial charge < -0.3 is 15.4 Å². The molecule has 3 aliphatic heterocycles. The minimum atomic E-state index is 0.538. The number of rotatable bonds is 3. The predicted octanol–water partition coefficient (Wildman–Crippen LogP) is 3.12. The fourth-order valence-corrected chi connectivity index (χ4v) is 5.71. The molecule has 6 heteroatoms. The third-order valence-corrected chi connectivity index (χ3v) is 6.88. The molecular weight excluding hydrogens is 350 g/mol. The van der Waals surface area contributed by atoms with Crippen LogP contribution in [0.25, 0.3) is 0 Å². The van der Waals surface area contributed by atoms with Crippen molar-refractivity contribution in [2.75, 3.05) is 37.4 Å². The average Bonchev–Trinajstić information content (AvgIpc) is 2.73. The van der Waals surface area contributed by atoms with Crippen LogP contribution in [-0.4, -0.2) is 47.7 Å². The molecule has 148 valence electrons. The first-order chi connectivity index (χ1) is 13.7. The van der Waals surface area contributed by atoms with Gasteiger partial charge in [-0.1, -0.05) is 12.1 Å². The minimum absolute atomic E-state index is 0.538. The van der Waals surface area contributed by atoms with E-state index >= 15 is 0 Å². The number of nitrogen functional groups attached to an aromatic ring is 1. The van der Waals surface area contributed by atoms with E-state index in [0.717, 1.165) is 24.7 Å². The van der Waals surface area contributed by atoms with Crippen molar-refractivity contribution in [3.05, 3.63) is 42.2 Å². The summed E-state index contributed by atoms with van der Waals surface area (Å²) in [4.78, 5) is 13.8. The van der Waals surface area contributed by atoms with Gasteiger partial charge in [-0.3, -0.25) is 4.90 Å². The van der Waals surface area contributed by atoms with Gasteiger partial charge in [0, 0.05) is 37.8 Å². The van der Waals surface area contributed by atoms with Gasteiger partial charge in [0.2, 0.25) is 0 Å². The van der Waals surface area contributed by atoms with Crippen LogP contribution in [0.15, 0.2) is 36.7 Å². The lowest BCUT2D eigenvalue weighted by Gasteiger charge is -2.55. The topological polar surface area (TPSA) is 67.5 Å². The number of methoxy groups -OCH3 is 1. The Labute approximate surface area is 166 Å². The Hall–Kier alpha value is -2.34. The zero-order valence-electron chi connectivity index (χ0n) is 16.5. The maximum absolute atomic E-state index is 5.90. The highest BCUT2D eigenvalue weighted by Crippen LogP contribution is 2.45. The molecule has 0 spiro atoms. The lowest BCUT2D eigenvalue weighted by atomic mass is 9.74. The number of hydrogen-bond donors (Lipinski definition) is 1. The number of nitrogens with two attached hydrogens (primary N) is 1. The standard InChI is InChI=1S/C22H29N5O/c1-28-18-7-5-16(6-8-18)19-3-2-4-20-17-9-15(12-27(19)20)11-26(13-17)22-10-21(23)24-14-25-22/h5-8,10,14-15,17,19-20H,2-4,9,11-13H2,1H3,(H2,23,24,25)/t15-,17+,19+,20-/m0/s1. The third-order valence-electron chi connectivity index (χ3n) is 6.88. The first kappa shape index (κ1) is 17.7. The number of benzene rings is 1. The largest absolute Gasteiger partial charge is 0.497 e. The number of nitrogens with zero attached hydrogens (tertiary/aromatic N) is 4. The molecule has 6 nitrogen and oxygen atoms in total. The van der Waals surface area contributed by atoms with Crippen LogP contribution in [-0.2, 0) is 0 Å². The highest BCUT2D eigenvalue weighted by atomic mass is 16.5. The second-order valence-corrected chi connectivity index (χ2v) is 8.55. The maximum atomic E-state index is 5.90. The molecule has 3 fully saturated rings. The van der Waals surface area contributed by atoms with Gasteiger partial charge in [-0.25, -0.2) is 9.97 Å². The van der Waals surface area contributed by atoms with E-state index in [2.05, 4.69) is 44.0 Å². The molecule has 2 bridgehead atoms. The van der Waals surface area contributed by atoms with Crippen molar-refractivity contribution in [1.29, 1.82) is 0 Å². The Bertz CT molecular complexity index is 826. The number of piperidine rings is 3. The Morgan fingerprint density at radius 1 is 1.07 bits per heavy atom. The lowest BCUT2D eigenvalue weighted by molar-refractivity contribution is -0.0201.